The zero-order valence-corrected chi connectivity index (χ0v) is 61.4. The van der Waals surface area contributed by atoms with Crippen LogP contribution in [0.5, 0.6) is 0 Å². The van der Waals surface area contributed by atoms with Gasteiger partial charge in [-0.05, 0) is 212 Å². The summed E-state index contributed by atoms with van der Waals surface area (Å²) < 4.78 is 155. The first-order valence-corrected chi connectivity index (χ1v) is 38.5. The lowest BCUT2D eigenvalue weighted by Crippen LogP contribution is -2.61. The van der Waals surface area contributed by atoms with Crippen molar-refractivity contribution in [3.05, 3.63) is 426 Å². The highest BCUT2D eigenvalue weighted by atomic mass is 15.2. The Morgan fingerprint density at radius 1 is 0.265 bits per heavy atom. The van der Waals surface area contributed by atoms with Crippen molar-refractivity contribution in [2.75, 3.05) is 9.80 Å². The zero-order chi connectivity index (χ0) is 88.2. The van der Waals surface area contributed by atoms with E-state index in [0.29, 0.717) is 22.7 Å². The number of para-hydroxylation sites is 6. The summed E-state index contributed by atoms with van der Waals surface area (Å²) in [5.41, 5.74) is 27.9. The number of benzene rings is 17. The van der Waals surface area contributed by atoms with Crippen LogP contribution in [-0.4, -0.2) is 15.8 Å². The molecule has 0 saturated heterocycles. The molecule has 17 aromatic carbocycles. The van der Waals surface area contributed by atoms with Crippen LogP contribution < -0.4 is 26.2 Å². The van der Waals surface area contributed by atoms with Crippen molar-refractivity contribution < 1.29 is 21.9 Å². The number of hydrogen-bond acceptors (Lipinski definition) is 2. The third-order valence-electron chi connectivity index (χ3n) is 25.4. The molecular weight excluding hydrogens is 1360 g/mol. The van der Waals surface area contributed by atoms with Crippen LogP contribution in [0.3, 0.4) is 0 Å². The Kier molecular flexibility index (Phi) is 9.94. The van der Waals surface area contributed by atoms with Gasteiger partial charge in [-0.1, -0.05) is 312 Å². The van der Waals surface area contributed by atoms with Gasteiger partial charge in [0.25, 0.3) is 6.71 Å². The number of anilines is 6. The molecule has 25 rings (SSSR count). The maximum Gasteiger partial charge on any atom is 0.252 e. The summed E-state index contributed by atoms with van der Waals surface area (Å²) in [5.74, 6) is 0. The summed E-state index contributed by atoms with van der Waals surface area (Å²) >= 11 is 0. The molecule has 2 aliphatic heterocycles. The number of aromatic nitrogens is 2. The first-order valence-electron chi connectivity index (χ1n) is 46.5. The highest BCUT2D eigenvalue weighted by molar-refractivity contribution is 7.00. The predicted molar refractivity (Wildman–Crippen MR) is 471 cm³/mol. The first kappa shape index (κ1) is 49.2. The van der Waals surface area contributed by atoms with Crippen molar-refractivity contribution in [2.24, 2.45) is 0 Å². The highest BCUT2D eigenvalue weighted by Gasteiger charge is 2.54. The summed E-state index contributed by atoms with van der Waals surface area (Å²) in [6.07, 6.45) is 0. The molecule has 4 nitrogen and oxygen atoms in total. The number of rotatable bonds is 6. The lowest BCUT2D eigenvalue weighted by molar-refractivity contribution is 0.590. The number of nitrogens with zero attached hydrogens (tertiary/aromatic N) is 4. The molecule has 0 atom stereocenters. The molecule has 0 radical (unpaired) electrons. The van der Waals surface area contributed by atoms with E-state index in [9.17, 15) is 16.4 Å². The van der Waals surface area contributed by atoms with Crippen LogP contribution >= 0.6 is 0 Å². The molecule has 6 aliphatic rings. The Bertz CT molecular complexity index is 7690. The zero-order valence-electron chi connectivity index (χ0n) is 77.4. The normalized spacial score (nSPS) is 16.2. The maximum absolute atomic E-state index is 9.90. The van der Waals surface area contributed by atoms with Crippen molar-refractivity contribution in [1.82, 2.24) is 9.13 Å². The third-order valence-corrected chi connectivity index (χ3v) is 25.4. The van der Waals surface area contributed by atoms with Crippen LogP contribution in [0.1, 0.15) is 92.8 Å². The molecule has 0 saturated carbocycles. The Morgan fingerprint density at radius 2 is 0.558 bits per heavy atom. The molecule has 2 aromatic heterocycles. The summed E-state index contributed by atoms with van der Waals surface area (Å²) in [4.78, 5) is 4.62. The minimum atomic E-state index is -0.744. The second kappa shape index (κ2) is 22.8. The van der Waals surface area contributed by atoms with E-state index in [1.54, 1.807) is 9.13 Å². The first-order chi connectivity index (χ1) is 62.4. The molecule has 526 valence electrons. The molecule has 4 aliphatic carbocycles. The van der Waals surface area contributed by atoms with Gasteiger partial charge in [-0.2, -0.15) is 0 Å². The molecule has 4 heterocycles. The van der Waals surface area contributed by atoms with E-state index >= 15 is 0 Å². The Hall–Kier alpha value is -14.0. The second-order valence-electron chi connectivity index (χ2n) is 31.7. The average molecular weight is 1450 g/mol. The minimum absolute atomic E-state index is 0.0443. The van der Waals surface area contributed by atoms with Gasteiger partial charge in [-0.25, -0.2) is 0 Å². The van der Waals surface area contributed by atoms with Gasteiger partial charge in [0.15, 0.2) is 0 Å². The lowest BCUT2D eigenvalue weighted by atomic mass is 9.33. The molecule has 2 spiro atoms. The molecule has 113 heavy (non-hydrogen) atoms. The summed E-state index contributed by atoms with van der Waals surface area (Å²) in [7, 11) is 0. The van der Waals surface area contributed by atoms with Crippen molar-refractivity contribution in [3.8, 4) is 78.1 Å². The van der Waals surface area contributed by atoms with Gasteiger partial charge in [0.1, 0.15) is 0 Å². The highest BCUT2D eigenvalue weighted by Crippen LogP contribution is 2.66. The van der Waals surface area contributed by atoms with Gasteiger partial charge >= 0.3 is 0 Å². The van der Waals surface area contributed by atoms with E-state index in [1.165, 1.54) is 33.4 Å². The van der Waals surface area contributed by atoms with Crippen LogP contribution in [0.15, 0.2) is 376 Å². The van der Waals surface area contributed by atoms with Crippen LogP contribution in [-0.2, 0) is 16.2 Å². The largest absolute Gasteiger partial charge is 0.311 e. The predicted octanol–water partition coefficient (Wildman–Crippen LogP) is 25.3. The molecule has 0 amide bonds. The van der Waals surface area contributed by atoms with E-state index in [-0.39, 0.29) is 43.6 Å². The molecule has 0 N–H and O–H groups in total. The summed E-state index contributed by atoms with van der Waals surface area (Å²) in [6.45, 7) is 5.82. The van der Waals surface area contributed by atoms with Gasteiger partial charge < -0.3 is 18.9 Å². The average Bonchev–Trinajstić information content (AvgIpc) is 1.52. The monoisotopic (exact) mass is 1450 g/mol. The Labute approximate surface area is 679 Å². The standard InChI is InChI=1S/C108H71BN4/c1-106(2,3)68-62-103-105-104(63-68)113(96-47-23-11-29-72(96)67-53-57-80-78-35-9-21-45-90(78)108(92(80)61-67)87-42-18-6-32-75(87)76-33-7-19-43-88(76)108)102-65-70(111-99-50-26-14-38-83(99)84-39-15-27-51-100(84)111)55-59-94(102)109(105)93-58-54-69(110-97-48-24-12-36-81(97)82-37-13-25-49-98(82)110)64-101(93)112(103)95-46-22-10-28-71(95)66-52-56-79-77-34-8-20-44-89(77)107(91(79)60-66)85-40-16-4-30-73(85)74-31-5-17-41-86(74)107/h4-65H,1-3H3/i12D,13D,14D,15D,24D,25D,26D,27D,36D,37D,38D,39D,48D,49D,50D,51D. The molecular formula is C108H71BN4. The number of fused-ring (bicyclic) bond motifs is 30. The van der Waals surface area contributed by atoms with E-state index in [2.05, 4.69) is 261 Å². The SMILES string of the molecule is [2H]c1c([2H])c([2H])c2c(c1[2H])c1c([2H])c([2H])c([2H])c([2H])c1n2-c1ccc2c(c1)N(c1ccccc1-c1ccc3c(c1)C1(c4ccccc4-c4ccccc41)c1ccccc1-3)c1cc(C(C)(C)C)cc3c1B2c1ccc(-n2c4c([2H])c([2H])c([2H])c([2H])c4c4c([2H])c([2H])c([2H])c([2H])c42)cc1N3c1ccccc1-c1ccc2c(c1)C1(c3ccccc3-c3ccccc31)c1ccccc1-2. The van der Waals surface area contributed by atoms with Crippen molar-refractivity contribution in [3.63, 3.8) is 0 Å². The van der Waals surface area contributed by atoms with Crippen LogP contribution in [0, 0.1) is 0 Å². The maximum atomic E-state index is 9.90. The minimum Gasteiger partial charge on any atom is -0.311 e. The molecule has 0 bridgehead atoms. The van der Waals surface area contributed by atoms with Crippen molar-refractivity contribution in [2.45, 2.75) is 37.0 Å². The Balaban J connectivity index is 0.805. The summed E-state index contributed by atoms with van der Waals surface area (Å²) in [5, 5.41) is -0.269. The number of hydrogen-bond donors (Lipinski definition) is 0. The van der Waals surface area contributed by atoms with E-state index in [0.717, 1.165) is 123 Å². The van der Waals surface area contributed by atoms with Gasteiger partial charge in [0.05, 0.1) is 66.2 Å². The smallest absolute Gasteiger partial charge is 0.252 e. The van der Waals surface area contributed by atoms with Gasteiger partial charge in [-0.3, -0.25) is 0 Å². The van der Waals surface area contributed by atoms with Gasteiger partial charge in [-0.15, -0.1) is 0 Å². The molecule has 19 aromatic rings. The molecule has 0 unspecified atom stereocenters. The van der Waals surface area contributed by atoms with Crippen LogP contribution in [0.4, 0.5) is 34.1 Å². The van der Waals surface area contributed by atoms with Crippen LogP contribution in [0.25, 0.3) is 122 Å². The fraction of sp³-hybridized carbons (Fsp3) is 0.0556. The topological polar surface area (TPSA) is 16.3 Å². The third kappa shape index (κ3) is 8.19. The fourth-order valence-electron chi connectivity index (χ4n) is 20.9. The van der Waals surface area contributed by atoms with E-state index in [1.807, 2.05) is 48.5 Å². The lowest BCUT2D eigenvalue weighted by Gasteiger charge is -2.46. The van der Waals surface area contributed by atoms with Crippen LogP contribution in [0.2, 0.25) is 0 Å². The quantitative estimate of drug-likeness (QED) is 0.154. The fourth-order valence-corrected chi connectivity index (χ4v) is 20.9. The van der Waals surface area contributed by atoms with Gasteiger partial charge in [0, 0.05) is 66.8 Å². The molecule has 0 fully saturated rings. The summed E-state index contributed by atoms with van der Waals surface area (Å²) in [6, 6.07) is 91.2. The van der Waals surface area contributed by atoms with E-state index in [4.69, 9.17) is 5.48 Å². The van der Waals surface area contributed by atoms with Crippen molar-refractivity contribution in [1.29, 1.82) is 0 Å². The molecule has 5 heteroatoms. The van der Waals surface area contributed by atoms with E-state index < -0.39 is 120 Å². The van der Waals surface area contributed by atoms with Gasteiger partial charge in [0.2, 0.25) is 0 Å². The van der Waals surface area contributed by atoms with Crippen molar-refractivity contribution >= 4 is 101 Å². The second-order valence-corrected chi connectivity index (χ2v) is 31.7. The Morgan fingerprint density at radius 3 is 0.885 bits per heavy atom.